The van der Waals surface area contributed by atoms with E-state index in [2.05, 4.69) is 5.32 Å². The summed E-state index contributed by atoms with van der Waals surface area (Å²) < 4.78 is 10.4. The molecule has 2 aromatic rings. The van der Waals surface area contributed by atoms with Gasteiger partial charge in [0, 0.05) is 19.4 Å². The molecule has 0 unspecified atom stereocenters. The molecule has 31 heavy (non-hydrogen) atoms. The number of carbonyl (C=O) groups excluding carboxylic acids is 3. The molecule has 0 aliphatic carbocycles. The van der Waals surface area contributed by atoms with Crippen molar-refractivity contribution in [3.05, 3.63) is 59.2 Å². The summed E-state index contributed by atoms with van der Waals surface area (Å²) in [5.41, 5.74) is 1.22. The number of hydrogen-bond donors (Lipinski definition) is 2. The van der Waals surface area contributed by atoms with Gasteiger partial charge in [-0.2, -0.15) is 0 Å². The second kappa shape index (κ2) is 9.29. The number of hydrogen-bond acceptors (Lipinski definition) is 6. The zero-order chi connectivity index (χ0) is 22.5. The summed E-state index contributed by atoms with van der Waals surface area (Å²) in [6.45, 7) is -0.138. The first-order valence-electron chi connectivity index (χ1n) is 9.54. The Bertz CT molecular complexity index is 999. The van der Waals surface area contributed by atoms with Crippen LogP contribution < -0.4 is 14.8 Å². The molecule has 0 aromatic heterocycles. The molecule has 0 spiro atoms. The van der Waals surface area contributed by atoms with Gasteiger partial charge in [0.25, 0.3) is 11.8 Å². The molecule has 2 N–H and O–H groups in total. The van der Waals surface area contributed by atoms with Gasteiger partial charge < -0.3 is 19.9 Å². The largest absolute Gasteiger partial charge is 0.493 e. The van der Waals surface area contributed by atoms with E-state index >= 15 is 0 Å². The lowest BCUT2D eigenvalue weighted by atomic mass is 10.0. The lowest BCUT2D eigenvalue weighted by Crippen LogP contribution is -2.43. The number of nitrogens with zero attached hydrogens (tertiary/aromatic N) is 1. The first kappa shape index (κ1) is 21.8. The predicted molar refractivity (Wildman–Crippen MR) is 109 cm³/mol. The van der Waals surface area contributed by atoms with E-state index in [4.69, 9.17) is 9.47 Å². The summed E-state index contributed by atoms with van der Waals surface area (Å²) >= 11 is 0. The van der Waals surface area contributed by atoms with Gasteiger partial charge in [0.2, 0.25) is 5.91 Å². The summed E-state index contributed by atoms with van der Waals surface area (Å²) in [7, 11) is 2.96. The fraction of sp³-hybridized carbons (Fsp3) is 0.273. The molecule has 1 aliphatic heterocycles. The third-order valence-electron chi connectivity index (χ3n) is 4.96. The van der Waals surface area contributed by atoms with Gasteiger partial charge in [-0.1, -0.05) is 18.2 Å². The average molecular weight is 426 g/mol. The molecule has 1 atom stereocenters. The van der Waals surface area contributed by atoms with Gasteiger partial charge in [-0.05, 0) is 29.8 Å². The standard InChI is InChI=1S/C22H22N2O7/c1-30-17-8-7-13(12-18(17)31-2)11-16(22(28)29)23-19(25)9-10-24-20(26)14-5-3-4-6-15(14)21(24)27/h3-8,12,16H,9-11H2,1-2H3,(H,23,25)(H,28,29)/t16-/m0/s1. The smallest absolute Gasteiger partial charge is 0.326 e. The molecule has 1 aliphatic rings. The van der Waals surface area contributed by atoms with E-state index in [1.54, 1.807) is 42.5 Å². The number of nitrogens with one attached hydrogen (secondary N) is 1. The highest BCUT2D eigenvalue weighted by molar-refractivity contribution is 6.21. The normalized spacial score (nSPS) is 13.5. The average Bonchev–Trinajstić information content (AvgIpc) is 3.01. The minimum absolute atomic E-state index is 0.0223. The Morgan fingerprint density at radius 1 is 1.00 bits per heavy atom. The molecule has 9 heteroatoms. The molecule has 162 valence electrons. The molecule has 0 bridgehead atoms. The number of imide groups is 1. The van der Waals surface area contributed by atoms with Crippen LogP contribution in [0.1, 0.15) is 32.7 Å². The van der Waals surface area contributed by atoms with Crippen molar-refractivity contribution < 1.29 is 33.8 Å². The highest BCUT2D eigenvalue weighted by Gasteiger charge is 2.35. The van der Waals surface area contributed by atoms with Crippen LogP contribution in [0.2, 0.25) is 0 Å². The van der Waals surface area contributed by atoms with Crippen molar-refractivity contribution in [1.82, 2.24) is 10.2 Å². The Morgan fingerprint density at radius 2 is 1.61 bits per heavy atom. The summed E-state index contributed by atoms with van der Waals surface area (Å²) in [5, 5.41) is 11.9. The number of aliphatic carboxylic acids is 1. The molecule has 1 heterocycles. The topological polar surface area (TPSA) is 122 Å². The van der Waals surface area contributed by atoms with Gasteiger partial charge in [-0.15, -0.1) is 0 Å². The van der Waals surface area contributed by atoms with Crippen LogP contribution in [0, 0.1) is 0 Å². The number of rotatable bonds is 9. The number of carboxylic acids is 1. The molecule has 0 saturated carbocycles. The second-order valence-corrected chi connectivity index (χ2v) is 6.91. The lowest BCUT2D eigenvalue weighted by molar-refractivity contribution is -0.141. The van der Waals surface area contributed by atoms with Gasteiger partial charge >= 0.3 is 5.97 Å². The minimum Gasteiger partial charge on any atom is -0.493 e. The van der Waals surface area contributed by atoms with Gasteiger partial charge in [-0.25, -0.2) is 4.79 Å². The van der Waals surface area contributed by atoms with Crippen LogP contribution in [0.3, 0.4) is 0 Å². The van der Waals surface area contributed by atoms with Crippen molar-refractivity contribution in [1.29, 1.82) is 0 Å². The van der Waals surface area contributed by atoms with E-state index in [-0.39, 0.29) is 19.4 Å². The van der Waals surface area contributed by atoms with Crippen LogP contribution in [0.25, 0.3) is 0 Å². The van der Waals surface area contributed by atoms with Crippen LogP contribution in [0.5, 0.6) is 11.5 Å². The van der Waals surface area contributed by atoms with Crippen molar-refractivity contribution in [3.8, 4) is 11.5 Å². The Hall–Kier alpha value is -3.88. The fourth-order valence-electron chi connectivity index (χ4n) is 3.37. The molecular formula is C22H22N2O7. The quantitative estimate of drug-likeness (QED) is 0.583. The summed E-state index contributed by atoms with van der Waals surface area (Å²) in [5.74, 6) is -1.76. The van der Waals surface area contributed by atoms with E-state index in [1.807, 2.05) is 0 Å². The zero-order valence-corrected chi connectivity index (χ0v) is 17.1. The maximum Gasteiger partial charge on any atom is 0.326 e. The molecular weight excluding hydrogens is 404 g/mol. The SMILES string of the molecule is COc1ccc(C[C@H](NC(=O)CCN2C(=O)c3ccccc3C2=O)C(=O)O)cc1OC. The summed E-state index contributed by atoms with van der Waals surface area (Å²) in [4.78, 5) is 49.7. The van der Waals surface area contributed by atoms with Crippen LogP contribution in [0.15, 0.2) is 42.5 Å². The third kappa shape index (κ3) is 4.66. The van der Waals surface area contributed by atoms with Crippen molar-refractivity contribution in [2.45, 2.75) is 18.9 Å². The first-order valence-corrected chi connectivity index (χ1v) is 9.54. The molecule has 0 saturated heterocycles. The Balaban J connectivity index is 1.61. The maximum atomic E-state index is 12.4. The monoisotopic (exact) mass is 426 g/mol. The summed E-state index contributed by atoms with van der Waals surface area (Å²) in [6.07, 6.45) is -0.185. The van der Waals surface area contributed by atoms with E-state index in [1.165, 1.54) is 14.2 Å². The first-order chi connectivity index (χ1) is 14.8. The molecule has 2 aromatic carbocycles. The van der Waals surface area contributed by atoms with Crippen LogP contribution in [0.4, 0.5) is 0 Å². The van der Waals surface area contributed by atoms with Gasteiger partial charge in [0.15, 0.2) is 11.5 Å². The molecule has 0 fully saturated rings. The number of fused-ring (bicyclic) bond motifs is 1. The number of benzene rings is 2. The number of carboxylic acid groups (broad SMARTS) is 1. The van der Waals surface area contributed by atoms with E-state index in [0.29, 0.717) is 28.2 Å². The molecule has 0 radical (unpaired) electrons. The Morgan fingerprint density at radius 3 is 2.16 bits per heavy atom. The van der Waals surface area contributed by atoms with Gasteiger partial charge in [0.1, 0.15) is 6.04 Å². The van der Waals surface area contributed by atoms with Crippen LogP contribution in [-0.4, -0.2) is 60.5 Å². The molecule has 3 rings (SSSR count). The number of methoxy groups -OCH3 is 2. The van der Waals surface area contributed by atoms with E-state index in [0.717, 1.165) is 4.90 Å². The second-order valence-electron chi connectivity index (χ2n) is 6.91. The van der Waals surface area contributed by atoms with Gasteiger partial charge in [-0.3, -0.25) is 19.3 Å². The number of ether oxygens (including phenoxy) is 2. The summed E-state index contributed by atoms with van der Waals surface area (Å²) in [6, 6.07) is 10.2. The maximum absolute atomic E-state index is 12.4. The van der Waals surface area contributed by atoms with Crippen molar-refractivity contribution in [2.75, 3.05) is 20.8 Å². The van der Waals surface area contributed by atoms with E-state index < -0.39 is 29.7 Å². The van der Waals surface area contributed by atoms with Crippen LogP contribution >= 0.6 is 0 Å². The highest BCUT2D eigenvalue weighted by atomic mass is 16.5. The predicted octanol–water partition coefficient (Wildman–Crippen LogP) is 1.50. The third-order valence-corrected chi connectivity index (χ3v) is 4.96. The fourth-order valence-corrected chi connectivity index (χ4v) is 3.37. The van der Waals surface area contributed by atoms with Crippen molar-refractivity contribution in [3.63, 3.8) is 0 Å². The lowest BCUT2D eigenvalue weighted by Gasteiger charge is -2.17. The number of carbonyl (C=O) groups is 4. The molecule has 3 amide bonds. The van der Waals surface area contributed by atoms with E-state index in [9.17, 15) is 24.3 Å². The Kier molecular flexibility index (Phi) is 6.54. The molecule has 9 nitrogen and oxygen atoms in total. The van der Waals surface area contributed by atoms with Gasteiger partial charge in [0.05, 0.1) is 25.3 Å². The minimum atomic E-state index is -1.20. The highest BCUT2D eigenvalue weighted by Crippen LogP contribution is 2.28. The van der Waals surface area contributed by atoms with Crippen molar-refractivity contribution in [2.24, 2.45) is 0 Å². The Labute approximate surface area is 178 Å². The van der Waals surface area contributed by atoms with Crippen molar-refractivity contribution >= 4 is 23.7 Å². The number of amides is 3. The van der Waals surface area contributed by atoms with Crippen LogP contribution in [-0.2, 0) is 16.0 Å². The zero-order valence-electron chi connectivity index (χ0n) is 17.1.